The lowest BCUT2D eigenvalue weighted by molar-refractivity contribution is -0.199. The van der Waals surface area contributed by atoms with E-state index in [2.05, 4.69) is 10.1 Å². The zero-order valence-electron chi connectivity index (χ0n) is 11.9. The molecule has 9 heteroatoms. The third-order valence-electron chi connectivity index (χ3n) is 3.70. The smallest absolute Gasteiger partial charge is 0.408 e. The first-order valence-corrected chi connectivity index (χ1v) is 6.61. The molecule has 0 aromatic carbocycles. The van der Waals surface area contributed by atoms with Crippen molar-refractivity contribution in [2.75, 3.05) is 13.7 Å². The molecule has 3 heterocycles. The van der Waals surface area contributed by atoms with Gasteiger partial charge in [-0.3, -0.25) is 4.79 Å². The van der Waals surface area contributed by atoms with Gasteiger partial charge in [0.25, 0.3) is 5.91 Å². The van der Waals surface area contributed by atoms with Crippen molar-refractivity contribution in [3.05, 3.63) is 23.5 Å². The number of alkyl halides is 3. The van der Waals surface area contributed by atoms with Crippen LogP contribution < -0.4 is 4.74 Å². The lowest BCUT2D eigenvalue weighted by atomic mass is 10.0. The highest BCUT2D eigenvalue weighted by molar-refractivity contribution is 5.95. The van der Waals surface area contributed by atoms with Crippen molar-refractivity contribution >= 4 is 11.6 Å². The van der Waals surface area contributed by atoms with Crippen LogP contribution in [0.25, 0.3) is 5.65 Å². The minimum Gasteiger partial charge on any atom is -0.480 e. The fourth-order valence-electron chi connectivity index (χ4n) is 2.49. The van der Waals surface area contributed by atoms with Crippen LogP contribution in [0.4, 0.5) is 13.2 Å². The molecule has 2 aromatic heterocycles. The van der Waals surface area contributed by atoms with Crippen LogP contribution >= 0.6 is 0 Å². The monoisotopic (exact) mass is 314 g/mol. The van der Waals surface area contributed by atoms with Gasteiger partial charge < -0.3 is 9.64 Å². The molecule has 0 unspecified atom stereocenters. The molecule has 0 spiro atoms. The zero-order chi connectivity index (χ0) is 16.1. The summed E-state index contributed by atoms with van der Waals surface area (Å²) < 4.78 is 44.7. The number of amides is 1. The SMILES string of the molecule is COc1ccc2nc(C)c(C(=O)N3CC[C@H]3C(F)(F)F)n2n1. The van der Waals surface area contributed by atoms with Crippen molar-refractivity contribution in [1.82, 2.24) is 19.5 Å². The molecule has 1 atom stereocenters. The number of aromatic nitrogens is 3. The fourth-order valence-corrected chi connectivity index (χ4v) is 2.49. The van der Waals surface area contributed by atoms with E-state index in [1.54, 1.807) is 19.1 Å². The fraction of sp³-hybridized carbons (Fsp3) is 0.462. The van der Waals surface area contributed by atoms with Crippen molar-refractivity contribution in [3.63, 3.8) is 0 Å². The van der Waals surface area contributed by atoms with Gasteiger partial charge in [0.2, 0.25) is 5.88 Å². The number of hydrogen-bond acceptors (Lipinski definition) is 4. The summed E-state index contributed by atoms with van der Waals surface area (Å²) in [5.74, 6) is -0.478. The highest BCUT2D eigenvalue weighted by Gasteiger charge is 2.51. The van der Waals surface area contributed by atoms with Gasteiger partial charge in [0.15, 0.2) is 11.3 Å². The molecule has 22 heavy (non-hydrogen) atoms. The third kappa shape index (κ3) is 2.16. The Hall–Kier alpha value is -2.32. The Balaban J connectivity index is 2.02. The maximum Gasteiger partial charge on any atom is 0.408 e. The average molecular weight is 314 g/mol. The first-order chi connectivity index (χ1) is 10.3. The van der Waals surface area contributed by atoms with E-state index < -0.39 is 18.1 Å². The summed E-state index contributed by atoms with van der Waals surface area (Å²) in [6.45, 7) is 1.64. The van der Waals surface area contributed by atoms with E-state index in [4.69, 9.17) is 4.74 Å². The Morgan fingerprint density at radius 2 is 2.14 bits per heavy atom. The Morgan fingerprint density at radius 3 is 2.68 bits per heavy atom. The lowest BCUT2D eigenvalue weighted by Crippen LogP contribution is -2.58. The van der Waals surface area contributed by atoms with Gasteiger partial charge in [0.1, 0.15) is 6.04 Å². The van der Waals surface area contributed by atoms with Crippen LogP contribution in [0, 0.1) is 6.92 Å². The van der Waals surface area contributed by atoms with Gasteiger partial charge in [-0.2, -0.15) is 13.2 Å². The molecule has 0 aliphatic carbocycles. The highest BCUT2D eigenvalue weighted by atomic mass is 19.4. The maximum atomic E-state index is 12.8. The van der Waals surface area contributed by atoms with Crippen LogP contribution in [0.15, 0.2) is 12.1 Å². The summed E-state index contributed by atoms with van der Waals surface area (Å²) in [4.78, 5) is 17.4. The van der Waals surface area contributed by atoms with E-state index in [0.29, 0.717) is 11.3 Å². The number of rotatable bonds is 2. The molecule has 1 saturated heterocycles. The summed E-state index contributed by atoms with van der Waals surface area (Å²) in [5, 5.41) is 4.07. The highest BCUT2D eigenvalue weighted by Crippen LogP contribution is 2.34. The molecule has 1 aliphatic rings. The van der Waals surface area contributed by atoms with Gasteiger partial charge >= 0.3 is 6.18 Å². The number of imidazole rings is 1. The van der Waals surface area contributed by atoms with Gasteiger partial charge in [-0.1, -0.05) is 0 Å². The lowest BCUT2D eigenvalue weighted by Gasteiger charge is -2.41. The molecule has 3 rings (SSSR count). The number of carbonyl (C=O) groups is 1. The Kier molecular flexibility index (Phi) is 3.22. The summed E-state index contributed by atoms with van der Waals surface area (Å²) in [7, 11) is 1.41. The van der Waals surface area contributed by atoms with E-state index >= 15 is 0 Å². The van der Waals surface area contributed by atoms with Crippen LogP contribution in [0.5, 0.6) is 5.88 Å². The van der Waals surface area contributed by atoms with Crippen molar-refractivity contribution in [3.8, 4) is 5.88 Å². The molecule has 2 aromatic rings. The molecule has 0 radical (unpaired) electrons. The normalized spacial score (nSPS) is 18.4. The number of hydrogen-bond donors (Lipinski definition) is 0. The second-order valence-corrected chi connectivity index (χ2v) is 5.04. The van der Waals surface area contributed by atoms with Gasteiger partial charge in [0, 0.05) is 12.6 Å². The molecule has 1 aliphatic heterocycles. The molecule has 0 saturated carbocycles. The minimum atomic E-state index is -4.42. The second-order valence-electron chi connectivity index (χ2n) is 5.04. The number of nitrogens with zero attached hydrogens (tertiary/aromatic N) is 4. The third-order valence-corrected chi connectivity index (χ3v) is 3.70. The van der Waals surface area contributed by atoms with E-state index in [9.17, 15) is 18.0 Å². The summed E-state index contributed by atoms with van der Waals surface area (Å²) in [6, 6.07) is 1.42. The summed E-state index contributed by atoms with van der Waals surface area (Å²) >= 11 is 0. The Labute approximate surface area is 123 Å². The maximum absolute atomic E-state index is 12.8. The molecule has 0 N–H and O–H groups in total. The number of aryl methyl sites for hydroxylation is 1. The first kappa shape index (κ1) is 14.6. The summed E-state index contributed by atoms with van der Waals surface area (Å²) in [6.07, 6.45) is -4.50. The van der Waals surface area contributed by atoms with Crippen molar-refractivity contribution in [2.24, 2.45) is 0 Å². The molecular weight excluding hydrogens is 301 g/mol. The van der Waals surface area contributed by atoms with Crippen LogP contribution in [-0.2, 0) is 0 Å². The standard InChI is InChI=1S/C13H13F3N4O2/c1-7-11(12(21)19-6-5-8(19)13(14,15)16)20-9(17-7)3-4-10(18-20)22-2/h3-4,8H,5-6H2,1-2H3/t8-/m0/s1. The molecule has 118 valence electrons. The number of likely N-dealkylation sites (tertiary alicyclic amines) is 1. The second kappa shape index (κ2) is 4.85. The Bertz CT molecular complexity index is 741. The number of fused-ring (bicyclic) bond motifs is 1. The zero-order valence-corrected chi connectivity index (χ0v) is 11.9. The van der Waals surface area contributed by atoms with Crippen molar-refractivity contribution in [2.45, 2.75) is 25.6 Å². The predicted molar refractivity (Wildman–Crippen MR) is 69.8 cm³/mol. The molecule has 1 fully saturated rings. The van der Waals surface area contributed by atoms with Gasteiger partial charge in [0.05, 0.1) is 12.8 Å². The van der Waals surface area contributed by atoms with Crippen LogP contribution in [-0.4, -0.2) is 51.3 Å². The van der Waals surface area contributed by atoms with Crippen LogP contribution in [0.3, 0.4) is 0 Å². The Morgan fingerprint density at radius 1 is 1.41 bits per heavy atom. The van der Waals surface area contributed by atoms with E-state index in [1.807, 2.05) is 0 Å². The molecule has 1 amide bonds. The van der Waals surface area contributed by atoms with E-state index in [0.717, 1.165) is 4.90 Å². The quantitative estimate of drug-likeness (QED) is 0.848. The van der Waals surface area contributed by atoms with Gasteiger partial charge in [-0.15, -0.1) is 5.10 Å². The van der Waals surface area contributed by atoms with Crippen molar-refractivity contribution < 1.29 is 22.7 Å². The van der Waals surface area contributed by atoms with Crippen LogP contribution in [0.1, 0.15) is 22.6 Å². The predicted octanol–water partition coefficient (Wildman–Crippen LogP) is 1.82. The summed E-state index contributed by atoms with van der Waals surface area (Å²) in [5.41, 5.74) is 0.743. The van der Waals surface area contributed by atoms with E-state index in [-0.39, 0.29) is 24.5 Å². The first-order valence-electron chi connectivity index (χ1n) is 6.61. The number of carbonyl (C=O) groups excluding carboxylic acids is 1. The largest absolute Gasteiger partial charge is 0.480 e. The van der Waals surface area contributed by atoms with Gasteiger partial charge in [-0.25, -0.2) is 9.50 Å². The van der Waals surface area contributed by atoms with Crippen molar-refractivity contribution in [1.29, 1.82) is 0 Å². The number of ether oxygens (including phenoxy) is 1. The molecule has 0 bridgehead atoms. The molecule has 6 nitrogen and oxygen atoms in total. The van der Waals surface area contributed by atoms with Gasteiger partial charge in [-0.05, 0) is 19.4 Å². The molecular formula is C13H13F3N4O2. The number of methoxy groups -OCH3 is 1. The topological polar surface area (TPSA) is 59.7 Å². The average Bonchev–Trinajstić information content (AvgIpc) is 2.69. The van der Waals surface area contributed by atoms with E-state index in [1.165, 1.54) is 11.6 Å². The number of halogens is 3. The van der Waals surface area contributed by atoms with Crippen LogP contribution in [0.2, 0.25) is 0 Å². The minimum absolute atomic E-state index is 0.0304.